The zero-order chi connectivity index (χ0) is 13.3. The average Bonchev–Trinajstić information content (AvgIpc) is 2.93. The number of nitrogens with zero attached hydrogens (tertiary/aromatic N) is 2. The van der Waals surface area contributed by atoms with Crippen LogP contribution in [0.2, 0.25) is 11.9 Å². The molecule has 0 N–H and O–H groups in total. The molecule has 0 aliphatic carbocycles. The van der Waals surface area contributed by atoms with Gasteiger partial charge >= 0.3 is 119 Å². The molecule has 0 bridgehead atoms. The molecule has 0 unspecified atom stereocenters. The van der Waals surface area contributed by atoms with E-state index in [1.54, 1.807) is 0 Å². The Kier molecular flexibility index (Phi) is 8.19. The molecule has 0 radical (unpaired) electrons. The molecule has 0 aliphatic heterocycles. The van der Waals surface area contributed by atoms with Gasteiger partial charge in [-0.1, -0.05) is 0 Å². The number of aromatic nitrogens is 2. The van der Waals surface area contributed by atoms with Crippen molar-refractivity contribution in [3.8, 4) is 0 Å². The van der Waals surface area contributed by atoms with Gasteiger partial charge in [0.2, 0.25) is 0 Å². The Bertz CT molecular complexity index is 274. The monoisotopic (exact) mass is 446 g/mol. The quantitative estimate of drug-likeness (QED) is 0.460. The Balaban J connectivity index is 2.84. The molecule has 0 aliphatic rings. The molecule has 0 saturated heterocycles. The summed E-state index contributed by atoms with van der Waals surface area (Å²) >= 11 is -2.32. The van der Waals surface area contributed by atoms with Gasteiger partial charge in [0.1, 0.15) is 0 Å². The number of imidazole rings is 1. The van der Waals surface area contributed by atoms with Crippen molar-refractivity contribution in [2.24, 2.45) is 0 Å². The first-order valence-electron chi connectivity index (χ1n) is 7.77. The van der Waals surface area contributed by atoms with Crippen LogP contribution in [-0.2, 0) is 0 Å². The Morgan fingerprint density at radius 1 is 0.889 bits per heavy atom. The van der Waals surface area contributed by atoms with Gasteiger partial charge in [-0.2, -0.15) is 0 Å². The summed E-state index contributed by atoms with van der Waals surface area (Å²) in [5.74, 6) is 0. The van der Waals surface area contributed by atoms with Crippen molar-refractivity contribution in [3.63, 3.8) is 0 Å². The Labute approximate surface area is 118 Å². The Hall–Kier alpha value is 0.132. The second-order valence-corrected chi connectivity index (χ2v) is 22.9. The predicted octanol–water partition coefficient (Wildman–Crippen LogP) is 5.08. The number of unbranched alkanes of at least 4 members (excludes halogenated alkanes) is 3. The summed E-state index contributed by atoms with van der Waals surface area (Å²) in [6, 6.07) is 0. The molecule has 0 saturated carbocycles. The first-order valence-corrected chi connectivity index (χ1v) is 17.8. The summed E-state index contributed by atoms with van der Waals surface area (Å²) < 4.78 is 7.20. The fraction of sp³-hybridized carbons (Fsp3) is 0.800. The van der Waals surface area contributed by atoms with E-state index in [0.29, 0.717) is 0 Å². The predicted molar refractivity (Wildman–Crippen MR) is 82.5 cm³/mol. The van der Waals surface area contributed by atoms with E-state index in [4.69, 9.17) is 0 Å². The molecule has 1 rings (SSSR count). The van der Waals surface area contributed by atoms with Gasteiger partial charge in [0.15, 0.2) is 0 Å². The van der Waals surface area contributed by atoms with Crippen molar-refractivity contribution in [1.29, 1.82) is 0 Å². The fourth-order valence-electron chi connectivity index (χ4n) is 2.82. The molecule has 0 atom stereocenters. The van der Waals surface area contributed by atoms with Crippen molar-refractivity contribution in [1.82, 2.24) is 7.36 Å². The molecule has 0 aromatic carbocycles. The summed E-state index contributed by atoms with van der Waals surface area (Å²) in [5.41, 5.74) is 0. The second-order valence-electron chi connectivity index (χ2n) is 5.50. The van der Waals surface area contributed by atoms with Crippen LogP contribution in [0.5, 0.6) is 0 Å². The maximum absolute atomic E-state index is 4.33. The third-order valence-electron chi connectivity index (χ3n) is 4.04. The summed E-state index contributed by atoms with van der Waals surface area (Å²) in [5, 5.41) is 0. The van der Waals surface area contributed by atoms with Gasteiger partial charge in [-0.25, -0.2) is 0 Å². The van der Waals surface area contributed by atoms with E-state index in [1.807, 2.05) is 6.20 Å². The van der Waals surface area contributed by atoms with E-state index in [0.717, 1.165) is 0 Å². The van der Waals surface area contributed by atoms with Gasteiger partial charge < -0.3 is 0 Å². The van der Waals surface area contributed by atoms with E-state index in [2.05, 4.69) is 40.7 Å². The Morgan fingerprint density at radius 3 is 1.72 bits per heavy atom. The summed E-state index contributed by atoms with van der Waals surface area (Å²) in [7, 11) is 0. The van der Waals surface area contributed by atoms with Gasteiger partial charge in [-0.15, -0.1) is 0 Å². The Morgan fingerprint density at radius 2 is 1.39 bits per heavy atom. The van der Waals surface area contributed by atoms with E-state index >= 15 is 0 Å². The molecule has 1 aromatic rings. The molecule has 1 heterocycles. The topological polar surface area (TPSA) is 17.8 Å². The van der Waals surface area contributed by atoms with Gasteiger partial charge in [0.05, 0.1) is 0 Å². The average molecular weight is 446 g/mol. The first kappa shape index (κ1) is 16.2. The van der Waals surface area contributed by atoms with Crippen LogP contribution in [0, 0.1) is 0 Å². The van der Waals surface area contributed by atoms with E-state index in [-0.39, 0.29) is 0 Å². The van der Waals surface area contributed by atoms with Crippen LogP contribution in [0.15, 0.2) is 18.7 Å². The number of hydrogen-bond acceptors (Lipinski definition) is 1. The first-order chi connectivity index (χ1) is 8.79. The zero-order valence-electron chi connectivity index (χ0n) is 12.5. The molecule has 3 heteroatoms. The number of rotatable bonds is 10. The standard InChI is InChI=1S/3C4H9.C3H3N2.Pb/c3*1-3-4-2;1-2-5-3-4-1;/h3*1,3-4H2,2H3;1-3H;/q;;;-1;+1. The third kappa shape index (κ3) is 4.67. The van der Waals surface area contributed by atoms with Crippen molar-refractivity contribution >= 4 is 21.5 Å². The minimum absolute atomic E-state index is 1.34. The molecule has 1 aromatic heterocycles. The van der Waals surface area contributed by atoms with Crippen molar-refractivity contribution in [2.75, 3.05) is 0 Å². The molecule has 0 spiro atoms. The van der Waals surface area contributed by atoms with Crippen molar-refractivity contribution < 1.29 is 0 Å². The third-order valence-corrected chi connectivity index (χ3v) is 24.3. The summed E-state index contributed by atoms with van der Waals surface area (Å²) in [4.78, 5) is 4.33. The molecule has 104 valence electrons. The molecule has 2 nitrogen and oxygen atoms in total. The second kappa shape index (κ2) is 9.10. The van der Waals surface area contributed by atoms with Gasteiger partial charge in [0.25, 0.3) is 0 Å². The van der Waals surface area contributed by atoms with Crippen LogP contribution in [0.1, 0.15) is 59.3 Å². The van der Waals surface area contributed by atoms with Gasteiger partial charge in [-0.3, -0.25) is 0 Å². The number of hydrogen-bond donors (Lipinski definition) is 0. The van der Waals surface area contributed by atoms with Crippen LogP contribution in [0.4, 0.5) is 0 Å². The summed E-state index contributed by atoms with van der Waals surface area (Å²) in [6.07, 6.45) is 14.7. The SMILES string of the molecule is CCC[CH2][Pb]([CH2]CCC)([CH2]CCC)[n]1ccnc1. The van der Waals surface area contributed by atoms with E-state index in [9.17, 15) is 0 Å². The van der Waals surface area contributed by atoms with Crippen LogP contribution < -0.4 is 0 Å². The van der Waals surface area contributed by atoms with Crippen LogP contribution >= 0.6 is 0 Å². The molecule has 0 amide bonds. The minimum atomic E-state index is -2.32. The van der Waals surface area contributed by atoms with E-state index in [1.165, 1.54) is 50.5 Å². The normalized spacial score (nSPS) is 11.9. The molecule has 0 fully saturated rings. The maximum atomic E-state index is 4.33. The van der Waals surface area contributed by atoms with Gasteiger partial charge in [-0.05, 0) is 0 Å². The van der Waals surface area contributed by atoms with E-state index < -0.39 is 21.5 Å². The summed E-state index contributed by atoms with van der Waals surface area (Å²) in [6.45, 7) is 6.98. The molecule has 18 heavy (non-hydrogen) atoms. The van der Waals surface area contributed by atoms with Crippen molar-refractivity contribution in [3.05, 3.63) is 18.7 Å². The molecular weight excluding hydrogens is 415 g/mol. The zero-order valence-corrected chi connectivity index (χ0v) is 16.4. The fourth-order valence-corrected chi connectivity index (χ4v) is 23.2. The molecular formula is C15H30N2Pb. The van der Waals surface area contributed by atoms with Gasteiger partial charge in [0, 0.05) is 0 Å². The van der Waals surface area contributed by atoms with Crippen LogP contribution in [0.3, 0.4) is 0 Å². The van der Waals surface area contributed by atoms with Crippen LogP contribution in [-0.4, -0.2) is 28.8 Å². The van der Waals surface area contributed by atoms with Crippen LogP contribution in [0.25, 0.3) is 0 Å². The van der Waals surface area contributed by atoms with Crippen molar-refractivity contribution in [2.45, 2.75) is 71.2 Å².